The van der Waals surface area contributed by atoms with Gasteiger partial charge >= 0.3 is 0 Å². The maximum atomic E-state index is 3.58. The molecule has 1 nitrogen and oxygen atoms in total. The Hall–Kier alpha value is -0.0200. The molecule has 3 heteroatoms. The van der Waals surface area contributed by atoms with E-state index in [1.807, 2.05) is 0 Å². The van der Waals surface area contributed by atoms with Crippen molar-refractivity contribution in [1.82, 2.24) is 0 Å². The largest absolute Gasteiger partial charge is 0.374 e. The van der Waals surface area contributed by atoms with Gasteiger partial charge in [-0.1, -0.05) is 57.2 Å². The van der Waals surface area contributed by atoms with Crippen molar-refractivity contribution in [2.24, 2.45) is 5.92 Å². The fourth-order valence-electron chi connectivity index (χ4n) is 2.86. The summed E-state index contributed by atoms with van der Waals surface area (Å²) in [5, 5.41) is 0.921. The number of anilines is 1. The first-order valence-corrected chi connectivity index (χ1v) is 8.67. The van der Waals surface area contributed by atoms with E-state index in [9.17, 15) is 0 Å². The van der Waals surface area contributed by atoms with Gasteiger partial charge in [-0.15, -0.1) is 0 Å². The van der Waals surface area contributed by atoms with E-state index in [4.69, 9.17) is 0 Å². The number of halogens is 2. The van der Waals surface area contributed by atoms with Crippen LogP contribution in [0.5, 0.6) is 0 Å². The lowest BCUT2D eigenvalue weighted by Gasteiger charge is -2.29. The first-order chi connectivity index (χ1) is 8.70. The summed E-state index contributed by atoms with van der Waals surface area (Å²) in [5.41, 5.74) is 2.73. The molecular weight excluding hydrogens is 354 g/mol. The van der Waals surface area contributed by atoms with Crippen LogP contribution in [0, 0.1) is 5.92 Å². The Morgan fingerprint density at radius 1 is 1.22 bits per heavy atom. The van der Waals surface area contributed by atoms with Crippen LogP contribution in [-0.4, -0.2) is 13.6 Å². The van der Waals surface area contributed by atoms with Crippen molar-refractivity contribution in [2.45, 2.75) is 37.4 Å². The molecule has 0 unspecified atom stereocenters. The first-order valence-electron chi connectivity index (χ1n) is 6.76. The minimum atomic E-state index is 0.880. The Bertz CT molecular complexity index is 386. The minimum absolute atomic E-state index is 0.880. The fraction of sp³-hybridized carbons (Fsp3) is 0.600. The first kappa shape index (κ1) is 14.4. The smallest absolute Gasteiger partial charge is 0.0416 e. The molecule has 1 fully saturated rings. The molecular formula is C15H21Br2N. The Kier molecular flexibility index (Phi) is 5.56. The van der Waals surface area contributed by atoms with Crippen LogP contribution < -0.4 is 4.90 Å². The second-order valence-corrected chi connectivity index (χ2v) is 6.77. The summed E-state index contributed by atoms with van der Waals surface area (Å²) < 4.78 is 1.16. The Labute approximate surface area is 127 Å². The SMILES string of the molecule is CN(CC1CCCCC1)c1cc(Br)ccc1CBr. The molecule has 1 aromatic carbocycles. The third-order valence-electron chi connectivity index (χ3n) is 3.86. The zero-order valence-corrected chi connectivity index (χ0v) is 14.1. The molecule has 0 aromatic heterocycles. The summed E-state index contributed by atoms with van der Waals surface area (Å²) >= 11 is 7.16. The third-order valence-corrected chi connectivity index (χ3v) is 4.96. The second-order valence-electron chi connectivity index (χ2n) is 5.29. The standard InChI is InChI=1S/C15H21Br2N/c1-18(11-12-5-3-2-4-6-12)15-9-14(17)8-7-13(15)10-16/h7-9,12H,2-6,10-11H2,1H3. The van der Waals surface area contributed by atoms with Crippen LogP contribution in [0.15, 0.2) is 22.7 Å². The predicted octanol–water partition coefficient (Wildman–Crippen LogP) is 5.36. The van der Waals surface area contributed by atoms with Crippen molar-refractivity contribution in [1.29, 1.82) is 0 Å². The van der Waals surface area contributed by atoms with Gasteiger partial charge in [-0.3, -0.25) is 0 Å². The van der Waals surface area contributed by atoms with Crippen molar-refractivity contribution in [3.05, 3.63) is 28.2 Å². The fourth-order valence-corrected chi connectivity index (χ4v) is 3.68. The van der Waals surface area contributed by atoms with Crippen LogP contribution in [0.1, 0.15) is 37.7 Å². The lowest BCUT2D eigenvalue weighted by molar-refractivity contribution is 0.362. The predicted molar refractivity (Wildman–Crippen MR) is 86.6 cm³/mol. The van der Waals surface area contributed by atoms with Gasteiger partial charge in [0, 0.05) is 29.1 Å². The average Bonchev–Trinajstić information content (AvgIpc) is 2.40. The molecule has 2 rings (SSSR count). The van der Waals surface area contributed by atoms with E-state index in [0.29, 0.717) is 0 Å². The molecule has 1 aliphatic carbocycles. The van der Waals surface area contributed by atoms with Crippen molar-refractivity contribution in [2.75, 3.05) is 18.5 Å². The molecule has 0 amide bonds. The Morgan fingerprint density at radius 3 is 2.61 bits per heavy atom. The molecule has 0 aliphatic heterocycles. The van der Waals surface area contributed by atoms with Crippen molar-refractivity contribution < 1.29 is 0 Å². The molecule has 18 heavy (non-hydrogen) atoms. The molecule has 0 radical (unpaired) electrons. The molecule has 1 aromatic rings. The van der Waals surface area contributed by atoms with Crippen LogP contribution in [-0.2, 0) is 5.33 Å². The molecule has 1 saturated carbocycles. The van der Waals surface area contributed by atoms with Crippen LogP contribution in [0.25, 0.3) is 0 Å². The van der Waals surface area contributed by atoms with Gasteiger partial charge in [0.2, 0.25) is 0 Å². The molecule has 0 bridgehead atoms. The minimum Gasteiger partial charge on any atom is -0.374 e. The van der Waals surface area contributed by atoms with E-state index in [1.165, 1.54) is 49.9 Å². The molecule has 0 atom stereocenters. The molecule has 0 N–H and O–H groups in total. The Balaban J connectivity index is 2.07. The average molecular weight is 375 g/mol. The van der Waals surface area contributed by atoms with E-state index in [2.05, 4.69) is 62.0 Å². The normalized spacial score (nSPS) is 16.8. The number of nitrogens with zero attached hydrogens (tertiary/aromatic N) is 1. The number of benzene rings is 1. The highest BCUT2D eigenvalue weighted by Gasteiger charge is 2.17. The number of rotatable bonds is 4. The summed E-state index contributed by atoms with van der Waals surface area (Å²) in [6, 6.07) is 6.56. The van der Waals surface area contributed by atoms with E-state index in [1.54, 1.807) is 0 Å². The van der Waals surface area contributed by atoms with Crippen LogP contribution in [0.4, 0.5) is 5.69 Å². The maximum Gasteiger partial charge on any atom is 0.0416 e. The number of alkyl halides is 1. The van der Waals surface area contributed by atoms with Gasteiger partial charge in [-0.2, -0.15) is 0 Å². The quantitative estimate of drug-likeness (QED) is 0.641. The zero-order valence-electron chi connectivity index (χ0n) is 11.0. The van der Waals surface area contributed by atoms with Gasteiger partial charge in [-0.05, 0) is 36.5 Å². The number of hydrogen-bond acceptors (Lipinski definition) is 1. The highest BCUT2D eigenvalue weighted by atomic mass is 79.9. The van der Waals surface area contributed by atoms with Gasteiger partial charge in [0.25, 0.3) is 0 Å². The van der Waals surface area contributed by atoms with Gasteiger partial charge in [-0.25, -0.2) is 0 Å². The van der Waals surface area contributed by atoms with E-state index >= 15 is 0 Å². The molecule has 100 valence electrons. The Morgan fingerprint density at radius 2 is 1.94 bits per heavy atom. The van der Waals surface area contributed by atoms with E-state index in [-0.39, 0.29) is 0 Å². The van der Waals surface area contributed by atoms with Gasteiger partial charge in [0.1, 0.15) is 0 Å². The van der Waals surface area contributed by atoms with Crippen molar-refractivity contribution >= 4 is 37.5 Å². The van der Waals surface area contributed by atoms with Crippen LogP contribution >= 0.6 is 31.9 Å². The molecule has 1 aliphatic rings. The van der Waals surface area contributed by atoms with Crippen LogP contribution in [0.3, 0.4) is 0 Å². The van der Waals surface area contributed by atoms with Gasteiger partial charge < -0.3 is 4.90 Å². The van der Waals surface area contributed by atoms with Gasteiger partial charge in [0.15, 0.2) is 0 Å². The highest BCUT2D eigenvalue weighted by molar-refractivity contribution is 9.10. The van der Waals surface area contributed by atoms with Crippen molar-refractivity contribution in [3.63, 3.8) is 0 Å². The lowest BCUT2D eigenvalue weighted by Crippen LogP contribution is -2.27. The van der Waals surface area contributed by atoms with Crippen LogP contribution in [0.2, 0.25) is 0 Å². The summed E-state index contributed by atoms with van der Waals surface area (Å²) in [6.45, 7) is 1.19. The number of hydrogen-bond donors (Lipinski definition) is 0. The monoisotopic (exact) mass is 373 g/mol. The lowest BCUT2D eigenvalue weighted by atomic mass is 9.89. The van der Waals surface area contributed by atoms with E-state index in [0.717, 1.165) is 15.7 Å². The summed E-state index contributed by atoms with van der Waals surface area (Å²) in [4.78, 5) is 2.43. The van der Waals surface area contributed by atoms with E-state index < -0.39 is 0 Å². The highest BCUT2D eigenvalue weighted by Crippen LogP contribution is 2.29. The maximum absolute atomic E-state index is 3.58. The molecule has 0 heterocycles. The second kappa shape index (κ2) is 6.95. The topological polar surface area (TPSA) is 3.24 Å². The summed E-state index contributed by atoms with van der Waals surface area (Å²) in [7, 11) is 2.22. The van der Waals surface area contributed by atoms with Gasteiger partial charge in [0.05, 0.1) is 0 Å². The molecule has 0 saturated heterocycles. The summed E-state index contributed by atoms with van der Waals surface area (Å²) in [5.74, 6) is 0.880. The zero-order chi connectivity index (χ0) is 13.0. The molecule has 0 spiro atoms. The summed E-state index contributed by atoms with van der Waals surface area (Å²) in [6.07, 6.45) is 7.08. The van der Waals surface area contributed by atoms with Crippen molar-refractivity contribution in [3.8, 4) is 0 Å². The third kappa shape index (κ3) is 3.74.